The van der Waals surface area contributed by atoms with Crippen LogP contribution in [0.3, 0.4) is 0 Å². The Bertz CT molecular complexity index is 281. The molecule has 2 nitrogen and oxygen atoms in total. The van der Waals surface area contributed by atoms with E-state index in [2.05, 4.69) is 6.92 Å². The van der Waals surface area contributed by atoms with Crippen LogP contribution in [-0.2, 0) is 9.84 Å². The Balaban J connectivity index is 1.99. The SMILES string of the molecule is CC1CCC2(CC1)CCS(=O)(=O)CC2. The van der Waals surface area contributed by atoms with Gasteiger partial charge in [-0.3, -0.25) is 0 Å². The topological polar surface area (TPSA) is 34.1 Å². The minimum absolute atomic E-state index is 0.415. The molecule has 1 spiro atoms. The standard InChI is InChI=1S/C11H20O2S/c1-10-2-4-11(5-3-10)6-8-14(12,13)9-7-11/h10H,2-9H2,1H3. The highest BCUT2D eigenvalue weighted by Crippen LogP contribution is 2.46. The molecule has 0 aromatic heterocycles. The molecule has 0 radical (unpaired) electrons. The Labute approximate surface area is 87.0 Å². The molecule has 1 aliphatic carbocycles. The smallest absolute Gasteiger partial charge is 0.150 e. The normalized spacial score (nSPS) is 31.8. The maximum Gasteiger partial charge on any atom is 0.150 e. The van der Waals surface area contributed by atoms with Crippen LogP contribution in [0.2, 0.25) is 0 Å². The van der Waals surface area contributed by atoms with E-state index >= 15 is 0 Å². The lowest BCUT2D eigenvalue weighted by Gasteiger charge is -2.42. The van der Waals surface area contributed by atoms with Gasteiger partial charge in [0.05, 0.1) is 11.5 Å². The van der Waals surface area contributed by atoms with Gasteiger partial charge in [-0.25, -0.2) is 8.42 Å². The third kappa shape index (κ3) is 2.13. The molecular formula is C11H20O2S. The largest absolute Gasteiger partial charge is 0.229 e. The number of rotatable bonds is 0. The first-order valence-corrected chi connectivity index (χ1v) is 7.54. The van der Waals surface area contributed by atoms with Crippen LogP contribution in [0.25, 0.3) is 0 Å². The average molecular weight is 216 g/mol. The fourth-order valence-corrected chi connectivity index (χ4v) is 4.54. The van der Waals surface area contributed by atoms with Crippen LogP contribution < -0.4 is 0 Å². The van der Waals surface area contributed by atoms with Gasteiger partial charge in [0, 0.05) is 0 Å². The summed E-state index contributed by atoms with van der Waals surface area (Å²) in [4.78, 5) is 0. The van der Waals surface area contributed by atoms with Gasteiger partial charge in [-0.05, 0) is 37.0 Å². The first-order valence-electron chi connectivity index (χ1n) is 5.72. The van der Waals surface area contributed by atoms with Crippen LogP contribution in [0.1, 0.15) is 45.4 Å². The molecule has 0 N–H and O–H groups in total. The maximum atomic E-state index is 11.3. The van der Waals surface area contributed by atoms with E-state index in [-0.39, 0.29) is 0 Å². The zero-order valence-electron chi connectivity index (χ0n) is 8.96. The van der Waals surface area contributed by atoms with Crippen LogP contribution in [0.4, 0.5) is 0 Å². The number of hydrogen-bond acceptors (Lipinski definition) is 2. The zero-order chi connectivity index (χ0) is 10.2. The highest BCUT2D eigenvalue weighted by molar-refractivity contribution is 7.91. The van der Waals surface area contributed by atoms with Gasteiger partial charge >= 0.3 is 0 Å². The second-order valence-corrected chi connectivity index (χ2v) is 7.64. The summed E-state index contributed by atoms with van der Waals surface area (Å²) in [6.07, 6.45) is 7.01. The van der Waals surface area contributed by atoms with Gasteiger partial charge < -0.3 is 0 Å². The Morgan fingerprint density at radius 3 is 2.00 bits per heavy atom. The summed E-state index contributed by atoms with van der Waals surface area (Å²) in [6.45, 7) is 2.31. The van der Waals surface area contributed by atoms with Crippen molar-refractivity contribution >= 4 is 9.84 Å². The highest BCUT2D eigenvalue weighted by atomic mass is 32.2. The molecule has 82 valence electrons. The molecule has 3 heteroatoms. The molecule has 0 amide bonds. The molecular weight excluding hydrogens is 196 g/mol. The van der Waals surface area contributed by atoms with Gasteiger partial charge in [-0.1, -0.05) is 19.8 Å². The summed E-state index contributed by atoms with van der Waals surface area (Å²) < 4.78 is 22.7. The van der Waals surface area contributed by atoms with E-state index < -0.39 is 9.84 Å². The Hall–Kier alpha value is -0.0500. The van der Waals surface area contributed by atoms with Gasteiger partial charge in [0.15, 0.2) is 0 Å². The van der Waals surface area contributed by atoms with Crippen molar-refractivity contribution in [3.63, 3.8) is 0 Å². The van der Waals surface area contributed by atoms with Crippen molar-refractivity contribution in [1.82, 2.24) is 0 Å². The molecule has 0 atom stereocenters. The first kappa shape index (κ1) is 10.5. The highest BCUT2D eigenvalue weighted by Gasteiger charge is 2.39. The van der Waals surface area contributed by atoms with Crippen molar-refractivity contribution in [3.05, 3.63) is 0 Å². The van der Waals surface area contributed by atoms with E-state index in [4.69, 9.17) is 0 Å². The van der Waals surface area contributed by atoms with Gasteiger partial charge in [0.2, 0.25) is 0 Å². The van der Waals surface area contributed by atoms with E-state index in [1.807, 2.05) is 0 Å². The average Bonchev–Trinajstić information content (AvgIpc) is 2.16. The number of sulfone groups is 1. The molecule has 1 heterocycles. The van der Waals surface area contributed by atoms with Gasteiger partial charge in [-0.15, -0.1) is 0 Å². The second kappa shape index (κ2) is 3.51. The maximum absolute atomic E-state index is 11.3. The summed E-state index contributed by atoms with van der Waals surface area (Å²) in [7, 11) is -2.67. The van der Waals surface area contributed by atoms with Gasteiger partial charge in [0.1, 0.15) is 9.84 Å². The molecule has 0 aromatic rings. The molecule has 0 aromatic carbocycles. The molecule has 1 saturated carbocycles. The molecule has 0 unspecified atom stereocenters. The third-order valence-corrected chi connectivity index (χ3v) is 5.87. The van der Waals surface area contributed by atoms with Gasteiger partial charge in [-0.2, -0.15) is 0 Å². The van der Waals surface area contributed by atoms with Crippen LogP contribution in [0.5, 0.6) is 0 Å². The minimum Gasteiger partial charge on any atom is -0.229 e. The van der Waals surface area contributed by atoms with E-state index in [9.17, 15) is 8.42 Å². The first-order chi connectivity index (χ1) is 6.52. The van der Waals surface area contributed by atoms with E-state index in [1.54, 1.807) is 0 Å². The Morgan fingerprint density at radius 1 is 1.00 bits per heavy atom. The molecule has 2 aliphatic rings. The molecule has 1 saturated heterocycles. The summed E-state index contributed by atoms with van der Waals surface area (Å²) in [5, 5.41) is 0. The minimum atomic E-state index is -2.67. The second-order valence-electron chi connectivity index (χ2n) is 5.33. The summed E-state index contributed by atoms with van der Waals surface area (Å²) in [6, 6.07) is 0. The third-order valence-electron chi connectivity index (χ3n) is 4.22. The van der Waals surface area contributed by atoms with Crippen molar-refractivity contribution in [2.75, 3.05) is 11.5 Å². The lowest BCUT2D eigenvalue weighted by atomic mass is 9.68. The van der Waals surface area contributed by atoms with Crippen molar-refractivity contribution in [1.29, 1.82) is 0 Å². The van der Waals surface area contributed by atoms with Crippen molar-refractivity contribution in [2.24, 2.45) is 11.3 Å². The van der Waals surface area contributed by atoms with Crippen LogP contribution in [-0.4, -0.2) is 19.9 Å². The van der Waals surface area contributed by atoms with Crippen molar-refractivity contribution in [3.8, 4) is 0 Å². The van der Waals surface area contributed by atoms with Crippen LogP contribution in [0.15, 0.2) is 0 Å². The summed E-state index contributed by atoms with van der Waals surface area (Å²) >= 11 is 0. The zero-order valence-corrected chi connectivity index (χ0v) is 9.78. The van der Waals surface area contributed by atoms with Crippen LogP contribution in [0, 0.1) is 11.3 Å². The summed E-state index contributed by atoms with van der Waals surface area (Å²) in [5.74, 6) is 1.75. The Morgan fingerprint density at radius 2 is 1.50 bits per heavy atom. The lowest BCUT2D eigenvalue weighted by Crippen LogP contribution is -2.36. The molecule has 14 heavy (non-hydrogen) atoms. The monoisotopic (exact) mass is 216 g/mol. The van der Waals surface area contributed by atoms with E-state index in [0.29, 0.717) is 16.9 Å². The predicted molar refractivity (Wildman–Crippen MR) is 58.0 cm³/mol. The quantitative estimate of drug-likeness (QED) is 0.623. The predicted octanol–water partition coefficient (Wildman–Crippen LogP) is 2.39. The molecule has 2 fully saturated rings. The summed E-state index contributed by atoms with van der Waals surface area (Å²) in [5.41, 5.74) is 0.415. The fourth-order valence-electron chi connectivity index (χ4n) is 2.85. The number of hydrogen-bond donors (Lipinski definition) is 0. The van der Waals surface area contributed by atoms with Gasteiger partial charge in [0.25, 0.3) is 0 Å². The fraction of sp³-hybridized carbons (Fsp3) is 1.00. The van der Waals surface area contributed by atoms with Crippen molar-refractivity contribution < 1.29 is 8.42 Å². The van der Waals surface area contributed by atoms with Crippen molar-refractivity contribution in [2.45, 2.75) is 45.4 Å². The molecule has 2 rings (SSSR count). The lowest BCUT2D eigenvalue weighted by molar-refractivity contribution is 0.139. The Kier molecular flexibility index (Phi) is 2.63. The molecule has 1 aliphatic heterocycles. The van der Waals surface area contributed by atoms with Crippen LogP contribution >= 0.6 is 0 Å². The van der Waals surface area contributed by atoms with E-state index in [1.165, 1.54) is 25.7 Å². The molecule has 0 bridgehead atoms. The van der Waals surface area contributed by atoms with E-state index in [0.717, 1.165) is 18.8 Å².